The maximum absolute atomic E-state index is 4.57. The second-order valence-electron chi connectivity index (χ2n) is 6.80. The van der Waals surface area contributed by atoms with Gasteiger partial charge in [-0.3, -0.25) is 4.98 Å². The fraction of sp³-hybridized carbons (Fsp3) is 0.421. The number of nitrogens with zero attached hydrogens (tertiary/aromatic N) is 1. The van der Waals surface area contributed by atoms with Crippen molar-refractivity contribution in [3.8, 4) is 11.1 Å². The van der Waals surface area contributed by atoms with E-state index in [9.17, 15) is 0 Å². The largest absolute Gasteiger partial charge is 0.258 e. The molecule has 1 aromatic heterocycles. The highest BCUT2D eigenvalue weighted by molar-refractivity contribution is 5.66. The molecule has 1 aromatic carbocycles. The Labute approximate surface area is 123 Å². The van der Waals surface area contributed by atoms with Gasteiger partial charge in [0.25, 0.3) is 0 Å². The van der Waals surface area contributed by atoms with Gasteiger partial charge in [-0.2, -0.15) is 0 Å². The van der Waals surface area contributed by atoms with Crippen LogP contribution in [0, 0.1) is 19.3 Å². The van der Waals surface area contributed by atoms with E-state index in [1.54, 1.807) is 0 Å². The van der Waals surface area contributed by atoms with Crippen LogP contribution in [0.2, 0.25) is 0 Å². The maximum atomic E-state index is 4.57. The molecule has 106 valence electrons. The highest BCUT2D eigenvalue weighted by Crippen LogP contribution is 2.36. The van der Waals surface area contributed by atoms with E-state index >= 15 is 0 Å². The van der Waals surface area contributed by atoms with Gasteiger partial charge in [-0.1, -0.05) is 58.0 Å². The first kappa shape index (κ1) is 14.8. The molecule has 1 heteroatoms. The summed E-state index contributed by atoms with van der Waals surface area (Å²) < 4.78 is 0. The second kappa shape index (κ2) is 5.40. The minimum atomic E-state index is 0.277. The smallest absolute Gasteiger partial charge is 0.0454 e. The first-order valence-electron chi connectivity index (χ1n) is 7.33. The summed E-state index contributed by atoms with van der Waals surface area (Å²) in [6.07, 6.45) is 0. The zero-order chi connectivity index (χ0) is 14.9. The Morgan fingerprint density at radius 2 is 1.70 bits per heavy atom. The van der Waals surface area contributed by atoms with Gasteiger partial charge in [0.05, 0.1) is 0 Å². The summed E-state index contributed by atoms with van der Waals surface area (Å²) in [7, 11) is 0. The molecule has 1 heterocycles. The van der Waals surface area contributed by atoms with Gasteiger partial charge in [-0.15, -0.1) is 0 Å². The molecule has 20 heavy (non-hydrogen) atoms. The number of hydrogen-bond donors (Lipinski definition) is 0. The number of pyridine rings is 1. The van der Waals surface area contributed by atoms with E-state index in [0.29, 0.717) is 5.92 Å². The predicted octanol–water partition coefficient (Wildman–Crippen LogP) is 5.52. The minimum Gasteiger partial charge on any atom is -0.258 e. The average molecular weight is 267 g/mol. The number of hydrogen-bond acceptors (Lipinski definition) is 1. The van der Waals surface area contributed by atoms with Crippen LogP contribution in [0.3, 0.4) is 0 Å². The number of aryl methyl sites for hydroxylation is 2. The van der Waals surface area contributed by atoms with E-state index < -0.39 is 0 Å². The highest BCUT2D eigenvalue weighted by atomic mass is 14.7. The highest BCUT2D eigenvalue weighted by Gasteiger charge is 2.21. The zero-order valence-corrected chi connectivity index (χ0v) is 13.5. The maximum Gasteiger partial charge on any atom is 0.0454 e. The Hall–Kier alpha value is -1.63. The number of benzene rings is 1. The molecule has 0 aliphatic carbocycles. The van der Waals surface area contributed by atoms with E-state index in [1.165, 1.54) is 16.7 Å². The lowest BCUT2D eigenvalue weighted by molar-refractivity contribution is 0.339. The topological polar surface area (TPSA) is 12.9 Å². The van der Waals surface area contributed by atoms with E-state index in [0.717, 1.165) is 11.4 Å². The third-order valence-electron chi connectivity index (χ3n) is 4.22. The Kier molecular flexibility index (Phi) is 3.99. The quantitative estimate of drug-likeness (QED) is 0.698. The Morgan fingerprint density at radius 3 is 2.30 bits per heavy atom. The van der Waals surface area contributed by atoms with Gasteiger partial charge in [0.2, 0.25) is 0 Å². The van der Waals surface area contributed by atoms with Gasteiger partial charge < -0.3 is 0 Å². The summed E-state index contributed by atoms with van der Waals surface area (Å²) >= 11 is 0. The molecule has 0 aliphatic heterocycles. The van der Waals surface area contributed by atoms with E-state index in [-0.39, 0.29) is 5.41 Å². The molecule has 0 saturated heterocycles. The average Bonchev–Trinajstić information content (AvgIpc) is 2.37. The molecule has 0 spiro atoms. The molecule has 0 saturated carbocycles. The van der Waals surface area contributed by atoms with Crippen LogP contribution in [0.4, 0.5) is 0 Å². The van der Waals surface area contributed by atoms with Crippen molar-refractivity contribution in [1.82, 2.24) is 4.98 Å². The van der Waals surface area contributed by atoms with Crippen molar-refractivity contribution in [2.75, 3.05) is 0 Å². The molecular formula is C19H25N. The zero-order valence-electron chi connectivity index (χ0n) is 13.5. The molecule has 0 bridgehead atoms. The molecule has 0 amide bonds. The van der Waals surface area contributed by atoms with Crippen molar-refractivity contribution >= 4 is 0 Å². The summed E-state index contributed by atoms with van der Waals surface area (Å²) in [6.45, 7) is 13.3. The summed E-state index contributed by atoms with van der Waals surface area (Å²) in [4.78, 5) is 4.57. The van der Waals surface area contributed by atoms with Crippen LogP contribution in [-0.4, -0.2) is 4.98 Å². The second-order valence-corrected chi connectivity index (χ2v) is 6.80. The normalized spacial score (nSPS) is 13.3. The molecule has 2 aromatic rings. The molecule has 1 unspecified atom stereocenters. The summed E-state index contributed by atoms with van der Waals surface area (Å²) in [5.74, 6) is 0.529. The standard InChI is InChI=1S/C19H25N/c1-13-10-11-18(15(3)20-13)17-9-7-8-16(12-17)14(2)19(4,5)6/h7-12,14H,1-6H3. The Bertz CT molecular complexity index is 605. The van der Waals surface area contributed by atoms with E-state index in [2.05, 4.69) is 76.0 Å². The van der Waals surface area contributed by atoms with E-state index in [4.69, 9.17) is 0 Å². The van der Waals surface area contributed by atoms with Crippen LogP contribution in [0.15, 0.2) is 36.4 Å². The van der Waals surface area contributed by atoms with Crippen molar-refractivity contribution in [3.05, 3.63) is 53.3 Å². The molecule has 0 aliphatic rings. The summed E-state index contributed by atoms with van der Waals surface area (Å²) in [5.41, 5.74) is 6.35. The molecule has 1 nitrogen and oxygen atoms in total. The lowest BCUT2D eigenvalue weighted by Crippen LogP contribution is -2.15. The van der Waals surface area contributed by atoms with Gasteiger partial charge in [0.1, 0.15) is 0 Å². The molecule has 1 atom stereocenters. The fourth-order valence-corrected chi connectivity index (χ4v) is 2.47. The van der Waals surface area contributed by atoms with Crippen LogP contribution >= 0.6 is 0 Å². The predicted molar refractivity (Wildman–Crippen MR) is 87.0 cm³/mol. The number of aromatic nitrogens is 1. The molecule has 2 rings (SSSR count). The van der Waals surface area contributed by atoms with Gasteiger partial charge in [-0.25, -0.2) is 0 Å². The third kappa shape index (κ3) is 3.09. The third-order valence-corrected chi connectivity index (χ3v) is 4.22. The van der Waals surface area contributed by atoms with Crippen LogP contribution in [0.25, 0.3) is 11.1 Å². The van der Waals surface area contributed by atoms with Crippen molar-refractivity contribution in [2.45, 2.75) is 47.5 Å². The first-order valence-corrected chi connectivity index (χ1v) is 7.33. The fourth-order valence-electron chi connectivity index (χ4n) is 2.47. The Balaban J connectivity index is 2.44. The van der Waals surface area contributed by atoms with Crippen LogP contribution in [-0.2, 0) is 0 Å². The molecule has 0 N–H and O–H groups in total. The van der Waals surface area contributed by atoms with E-state index in [1.807, 2.05) is 6.92 Å². The monoisotopic (exact) mass is 267 g/mol. The lowest BCUT2D eigenvalue weighted by atomic mass is 9.77. The Morgan fingerprint density at radius 1 is 1.00 bits per heavy atom. The van der Waals surface area contributed by atoms with Gasteiger partial charge in [0.15, 0.2) is 0 Å². The summed E-state index contributed by atoms with van der Waals surface area (Å²) in [6, 6.07) is 13.1. The molecule has 0 fully saturated rings. The lowest BCUT2D eigenvalue weighted by Gasteiger charge is -2.28. The summed E-state index contributed by atoms with van der Waals surface area (Å²) in [5, 5.41) is 0. The molecule has 0 radical (unpaired) electrons. The van der Waals surface area contributed by atoms with Crippen molar-refractivity contribution in [1.29, 1.82) is 0 Å². The SMILES string of the molecule is Cc1ccc(-c2cccc(C(C)C(C)(C)C)c2)c(C)n1. The van der Waals surface area contributed by atoms with Crippen molar-refractivity contribution in [2.24, 2.45) is 5.41 Å². The van der Waals surface area contributed by atoms with Crippen LogP contribution in [0.1, 0.15) is 50.6 Å². The van der Waals surface area contributed by atoms with Gasteiger partial charge >= 0.3 is 0 Å². The number of rotatable bonds is 2. The van der Waals surface area contributed by atoms with Gasteiger partial charge in [-0.05, 0) is 42.4 Å². The van der Waals surface area contributed by atoms with Gasteiger partial charge in [0, 0.05) is 17.0 Å². The molecular weight excluding hydrogens is 242 g/mol. The first-order chi connectivity index (χ1) is 9.29. The van der Waals surface area contributed by atoms with Crippen molar-refractivity contribution < 1.29 is 0 Å². The van der Waals surface area contributed by atoms with Crippen molar-refractivity contribution in [3.63, 3.8) is 0 Å². The van der Waals surface area contributed by atoms with Crippen LogP contribution < -0.4 is 0 Å². The minimum absolute atomic E-state index is 0.277. The van der Waals surface area contributed by atoms with Crippen LogP contribution in [0.5, 0.6) is 0 Å².